The molecule has 0 saturated carbocycles. The normalized spacial score (nSPS) is 11.2. The highest BCUT2D eigenvalue weighted by Crippen LogP contribution is 2.27. The average Bonchev–Trinajstić information content (AvgIpc) is 2.86. The van der Waals surface area contributed by atoms with Gasteiger partial charge < -0.3 is 5.11 Å². The average molecular weight is 359 g/mol. The molecule has 0 unspecified atom stereocenters. The maximum absolute atomic E-state index is 10.7. The molecular formula is C12H15BrN4O2S. The number of hydrogen-bond donors (Lipinski definition) is 1. The maximum Gasteiger partial charge on any atom is 0.313 e. The number of carboxylic acids is 1. The Kier molecular flexibility index (Phi) is 4.54. The first-order chi connectivity index (χ1) is 9.43. The van der Waals surface area contributed by atoms with Crippen LogP contribution in [0.2, 0.25) is 0 Å². The van der Waals surface area contributed by atoms with Gasteiger partial charge in [-0.05, 0) is 13.8 Å². The third-order valence-corrected chi connectivity index (χ3v) is 3.93. The van der Waals surface area contributed by atoms with Crippen molar-refractivity contribution in [3.8, 4) is 0 Å². The van der Waals surface area contributed by atoms with Crippen LogP contribution in [0.25, 0.3) is 11.2 Å². The van der Waals surface area contributed by atoms with Crippen molar-refractivity contribution < 1.29 is 9.90 Å². The van der Waals surface area contributed by atoms with E-state index >= 15 is 0 Å². The number of nitrogens with zero attached hydrogens (tertiary/aromatic N) is 4. The van der Waals surface area contributed by atoms with Gasteiger partial charge in [0.2, 0.25) is 0 Å². The highest BCUT2D eigenvalue weighted by molar-refractivity contribution is 9.11. The molecule has 2 aromatic rings. The third-order valence-electron chi connectivity index (χ3n) is 2.72. The lowest BCUT2D eigenvalue weighted by molar-refractivity contribution is -0.133. The number of thioether (sulfide) groups is 1. The summed E-state index contributed by atoms with van der Waals surface area (Å²) in [5.41, 5.74) is 2.56. The minimum absolute atomic E-state index is 0.0209. The van der Waals surface area contributed by atoms with Gasteiger partial charge in [0.05, 0.1) is 18.0 Å². The SMILES string of the molecule is C=C(Br)Cn1c(SCC(=O)O)nc2c(C)nn(CC)c21. The van der Waals surface area contributed by atoms with Gasteiger partial charge in [-0.25, -0.2) is 9.67 Å². The molecule has 0 fully saturated rings. The zero-order valence-electron chi connectivity index (χ0n) is 11.3. The molecule has 0 atom stereocenters. The Morgan fingerprint density at radius 2 is 2.25 bits per heavy atom. The number of rotatable bonds is 6. The van der Waals surface area contributed by atoms with Gasteiger partial charge in [-0.15, -0.1) is 0 Å². The second-order valence-electron chi connectivity index (χ2n) is 4.25. The van der Waals surface area contributed by atoms with Crippen molar-refractivity contribution in [1.29, 1.82) is 0 Å². The molecule has 20 heavy (non-hydrogen) atoms. The van der Waals surface area contributed by atoms with Gasteiger partial charge in [-0.1, -0.05) is 34.3 Å². The summed E-state index contributed by atoms with van der Waals surface area (Å²) in [6.45, 7) is 9.02. The van der Waals surface area contributed by atoms with Crippen molar-refractivity contribution >= 4 is 44.8 Å². The highest BCUT2D eigenvalue weighted by atomic mass is 79.9. The number of aromatic nitrogens is 4. The first kappa shape index (κ1) is 15.1. The molecule has 0 aliphatic carbocycles. The molecule has 8 heteroatoms. The minimum Gasteiger partial charge on any atom is -0.481 e. The van der Waals surface area contributed by atoms with Crippen LogP contribution in [0.15, 0.2) is 16.2 Å². The van der Waals surface area contributed by atoms with E-state index in [1.165, 1.54) is 11.8 Å². The van der Waals surface area contributed by atoms with Crippen molar-refractivity contribution in [2.75, 3.05) is 5.75 Å². The molecule has 2 heterocycles. The number of hydrogen-bond acceptors (Lipinski definition) is 4. The smallest absolute Gasteiger partial charge is 0.313 e. The van der Waals surface area contributed by atoms with E-state index in [0.29, 0.717) is 11.7 Å². The summed E-state index contributed by atoms with van der Waals surface area (Å²) in [5.74, 6) is -0.882. The Balaban J connectivity index is 2.55. The van der Waals surface area contributed by atoms with Crippen LogP contribution in [0, 0.1) is 6.92 Å². The van der Waals surface area contributed by atoms with Gasteiger partial charge in [0, 0.05) is 11.0 Å². The van der Waals surface area contributed by atoms with Gasteiger partial charge >= 0.3 is 5.97 Å². The first-order valence-corrected chi connectivity index (χ1v) is 7.83. The Hall–Kier alpha value is -1.28. The molecule has 0 saturated heterocycles. The number of aliphatic carboxylic acids is 1. The lowest BCUT2D eigenvalue weighted by atomic mass is 10.4. The number of allylic oxidation sites excluding steroid dienone is 1. The summed E-state index contributed by atoms with van der Waals surface area (Å²) in [4.78, 5) is 15.3. The summed E-state index contributed by atoms with van der Waals surface area (Å²) in [6.07, 6.45) is 0. The fourth-order valence-corrected chi connectivity index (χ4v) is 2.94. The van der Waals surface area contributed by atoms with E-state index < -0.39 is 5.97 Å². The monoisotopic (exact) mass is 358 g/mol. The molecule has 108 valence electrons. The van der Waals surface area contributed by atoms with Crippen LogP contribution < -0.4 is 0 Å². The van der Waals surface area contributed by atoms with Crippen LogP contribution in [0.5, 0.6) is 0 Å². The number of fused-ring (bicyclic) bond motifs is 1. The molecule has 0 aliphatic heterocycles. The van der Waals surface area contributed by atoms with E-state index in [1.807, 2.05) is 23.1 Å². The van der Waals surface area contributed by atoms with Crippen LogP contribution in [0.4, 0.5) is 0 Å². The molecule has 0 aliphatic rings. The predicted octanol–water partition coefficient (Wildman–Crippen LogP) is 2.65. The molecule has 6 nitrogen and oxygen atoms in total. The van der Waals surface area contributed by atoms with E-state index in [4.69, 9.17) is 5.11 Å². The number of halogens is 1. The molecule has 1 N–H and O–H groups in total. The second kappa shape index (κ2) is 6.01. The molecule has 0 spiro atoms. The van der Waals surface area contributed by atoms with Crippen molar-refractivity contribution in [3.05, 3.63) is 16.8 Å². The van der Waals surface area contributed by atoms with Crippen LogP contribution in [0.1, 0.15) is 12.6 Å². The molecule has 2 rings (SSSR count). The largest absolute Gasteiger partial charge is 0.481 e. The topological polar surface area (TPSA) is 72.9 Å². The van der Waals surface area contributed by atoms with E-state index in [2.05, 4.69) is 32.6 Å². The number of carbonyl (C=O) groups is 1. The van der Waals surface area contributed by atoms with Crippen molar-refractivity contribution in [3.63, 3.8) is 0 Å². The van der Waals surface area contributed by atoms with E-state index in [0.717, 1.165) is 27.9 Å². The van der Waals surface area contributed by atoms with Crippen molar-refractivity contribution in [2.45, 2.75) is 32.1 Å². The van der Waals surface area contributed by atoms with Crippen molar-refractivity contribution in [1.82, 2.24) is 19.3 Å². The zero-order chi connectivity index (χ0) is 14.9. The van der Waals surface area contributed by atoms with E-state index in [-0.39, 0.29) is 5.75 Å². The number of aryl methyl sites for hydroxylation is 2. The number of imidazole rings is 1. The predicted molar refractivity (Wildman–Crippen MR) is 82.4 cm³/mol. The van der Waals surface area contributed by atoms with E-state index in [9.17, 15) is 4.79 Å². The van der Waals surface area contributed by atoms with Gasteiger partial charge in [0.25, 0.3) is 0 Å². The third kappa shape index (κ3) is 2.90. The summed E-state index contributed by atoms with van der Waals surface area (Å²) >= 11 is 4.56. The van der Waals surface area contributed by atoms with Gasteiger partial charge in [-0.3, -0.25) is 9.36 Å². The summed E-state index contributed by atoms with van der Waals surface area (Å²) in [5, 5.41) is 13.9. The Morgan fingerprint density at radius 3 is 2.80 bits per heavy atom. The lowest BCUT2D eigenvalue weighted by Gasteiger charge is -2.08. The van der Waals surface area contributed by atoms with E-state index in [1.54, 1.807) is 0 Å². The minimum atomic E-state index is -0.861. The molecular weight excluding hydrogens is 344 g/mol. The Morgan fingerprint density at radius 1 is 1.55 bits per heavy atom. The molecule has 0 amide bonds. The van der Waals surface area contributed by atoms with Gasteiger partial charge in [-0.2, -0.15) is 5.10 Å². The molecule has 0 aromatic carbocycles. The van der Waals surface area contributed by atoms with Gasteiger partial charge in [0.15, 0.2) is 10.8 Å². The van der Waals surface area contributed by atoms with Crippen LogP contribution in [-0.4, -0.2) is 36.2 Å². The van der Waals surface area contributed by atoms with Crippen molar-refractivity contribution in [2.24, 2.45) is 0 Å². The number of carboxylic acid groups (broad SMARTS) is 1. The maximum atomic E-state index is 10.7. The quantitative estimate of drug-likeness (QED) is 0.803. The summed E-state index contributed by atoms with van der Waals surface area (Å²) < 4.78 is 4.62. The van der Waals surface area contributed by atoms with Gasteiger partial charge in [0.1, 0.15) is 5.52 Å². The molecule has 0 bridgehead atoms. The molecule has 0 radical (unpaired) electrons. The fraction of sp³-hybridized carbons (Fsp3) is 0.417. The van der Waals surface area contributed by atoms with Crippen LogP contribution in [0.3, 0.4) is 0 Å². The summed E-state index contributed by atoms with van der Waals surface area (Å²) in [7, 11) is 0. The second-order valence-corrected chi connectivity index (χ2v) is 6.32. The first-order valence-electron chi connectivity index (χ1n) is 6.05. The summed E-state index contributed by atoms with van der Waals surface area (Å²) in [6, 6.07) is 0. The Bertz CT molecular complexity index is 677. The zero-order valence-corrected chi connectivity index (χ0v) is 13.7. The van der Waals surface area contributed by atoms with Crippen LogP contribution in [-0.2, 0) is 17.9 Å². The standard InChI is InChI=1S/C12H15BrN4O2S/c1-4-17-11-10(8(3)15-17)14-12(20-6-9(18)19)16(11)5-7(2)13/h2,4-6H2,1,3H3,(H,18,19). The molecule has 2 aromatic heterocycles. The highest BCUT2D eigenvalue weighted by Gasteiger charge is 2.19. The lowest BCUT2D eigenvalue weighted by Crippen LogP contribution is -2.07. The fourth-order valence-electron chi connectivity index (χ4n) is 1.98. The Labute approximate surface area is 129 Å². The van der Waals surface area contributed by atoms with Crippen LogP contribution >= 0.6 is 27.7 Å².